The van der Waals surface area contributed by atoms with Crippen molar-refractivity contribution in [1.29, 1.82) is 0 Å². The molecule has 1 rings (SSSR count). The van der Waals surface area contributed by atoms with Crippen molar-refractivity contribution in [2.45, 2.75) is 20.8 Å². The smallest absolute Gasteiger partial charge is 0.219 e. The van der Waals surface area contributed by atoms with Gasteiger partial charge in [-0.1, -0.05) is 13.8 Å². The summed E-state index contributed by atoms with van der Waals surface area (Å²) in [5, 5.41) is 3.11. The average Bonchev–Trinajstić information content (AvgIpc) is 2.52. The highest BCUT2D eigenvalue weighted by Crippen LogP contribution is 2.03. The van der Waals surface area contributed by atoms with Crippen molar-refractivity contribution >= 4 is 21.9 Å². The Morgan fingerprint density at radius 1 is 1.13 bits per heavy atom. The maximum absolute atomic E-state index is 12.1. The Hall–Kier alpha value is -1.35. The van der Waals surface area contributed by atoms with Gasteiger partial charge in [-0.2, -0.15) is 0 Å². The molecule has 1 heterocycles. The van der Waals surface area contributed by atoms with Crippen LogP contribution in [0.25, 0.3) is 0 Å². The van der Waals surface area contributed by atoms with Gasteiger partial charge in [-0.15, -0.1) is 0 Å². The molecule has 0 spiro atoms. The van der Waals surface area contributed by atoms with E-state index in [0.717, 1.165) is 0 Å². The molecule has 1 aliphatic rings. The second kappa shape index (κ2) is 9.07. The number of carbonyl (C=O) groups is 1. The second-order valence-electron chi connectivity index (χ2n) is 5.37. The highest BCUT2D eigenvalue weighted by Gasteiger charge is 2.22. The van der Waals surface area contributed by atoms with Gasteiger partial charge in [0.15, 0.2) is 5.96 Å². The molecule has 0 radical (unpaired) electrons. The maximum Gasteiger partial charge on any atom is 0.219 e. The van der Waals surface area contributed by atoms with Gasteiger partial charge >= 0.3 is 0 Å². The van der Waals surface area contributed by atoms with Crippen LogP contribution in [0.5, 0.6) is 0 Å². The van der Waals surface area contributed by atoms with E-state index in [1.54, 1.807) is 18.9 Å². The molecular weight excluding hydrogens is 318 g/mol. The lowest BCUT2D eigenvalue weighted by molar-refractivity contribution is -0.130. The van der Waals surface area contributed by atoms with E-state index >= 15 is 0 Å². The number of nitrogens with one attached hydrogen (secondary N) is 1. The third-order valence-electron chi connectivity index (χ3n) is 3.98. The SMILES string of the molecule is CCN(CC)S(=O)(=O)CCNC(=NC)N1CCN(C(C)=O)CC1. The van der Waals surface area contributed by atoms with Crippen LogP contribution in [0.2, 0.25) is 0 Å². The number of amides is 1. The van der Waals surface area contributed by atoms with Crippen LogP contribution in [0.3, 0.4) is 0 Å². The van der Waals surface area contributed by atoms with E-state index in [9.17, 15) is 13.2 Å². The zero-order valence-electron chi connectivity index (χ0n) is 14.6. The van der Waals surface area contributed by atoms with Crippen molar-refractivity contribution in [1.82, 2.24) is 19.4 Å². The molecule has 1 saturated heterocycles. The van der Waals surface area contributed by atoms with Crippen molar-refractivity contribution < 1.29 is 13.2 Å². The molecule has 134 valence electrons. The predicted octanol–water partition coefficient (Wildman–Crippen LogP) is -0.602. The molecule has 0 aromatic heterocycles. The fourth-order valence-corrected chi connectivity index (χ4v) is 4.01. The summed E-state index contributed by atoms with van der Waals surface area (Å²) >= 11 is 0. The van der Waals surface area contributed by atoms with Gasteiger partial charge in [0.2, 0.25) is 15.9 Å². The number of piperazine rings is 1. The van der Waals surface area contributed by atoms with Crippen molar-refractivity contribution in [3.8, 4) is 0 Å². The largest absolute Gasteiger partial charge is 0.355 e. The molecule has 9 heteroatoms. The fraction of sp³-hybridized carbons (Fsp3) is 0.857. The number of carbonyl (C=O) groups excluding carboxylic acids is 1. The summed E-state index contributed by atoms with van der Waals surface area (Å²) in [4.78, 5) is 19.4. The quantitative estimate of drug-likeness (QED) is 0.512. The highest BCUT2D eigenvalue weighted by atomic mass is 32.2. The number of hydrogen-bond acceptors (Lipinski definition) is 4. The molecule has 1 amide bonds. The van der Waals surface area contributed by atoms with E-state index in [2.05, 4.69) is 10.3 Å². The van der Waals surface area contributed by atoms with Gasteiger partial charge in [0.05, 0.1) is 5.75 Å². The van der Waals surface area contributed by atoms with Crippen LogP contribution in [0, 0.1) is 0 Å². The highest BCUT2D eigenvalue weighted by molar-refractivity contribution is 7.89. The van der Waals surface area contributed by atoms with Crippen LogP contribution in [0.1, 0.15) is 20.8 Å². The Kier molecular flexibility index (Phi) is 7.77. The molecule has 23 heavy (non-hydrogen) atoms. The first-order chi connectivity index (χ1) is 10.9. The first-order valence-electron chi connectivity index (χ1n) is 8.04. The van der Waals surface area contributed by atoms with E-state index < -0.39 is 10.0 Å². The Bertz CT molecular complexity index is 509. The van der Waals surface area contributed by atoms with Crippen molar-refractivity contribution in [2.24, 2.45) is 4.99 Å². The Balaban J connectivity index is 2.48. The number of rotatable bonds is 6. The molecule has 0 aliphatic carbocycles. The Morgan fingerprint density at radius 2 is 1.65 bits per heavy atom. The van der Waals surface area contributed by atoms with Gasteiger partial charge in [0, 0.05) is 59.8 Å². The first-order valence-corrected chi connectivity index (χ1v) is 9.65. The van der Waals surface area contributed by atoms with Crippen molar-refractivity contribution in [3.63, 3.8) is 0 Å². The van der Waals surface area contributed by atoms with E-state index in [1.165, 1.54) is 4.31 Å². The minimum absolute atomic E-state index is 0.0428. The maximum atomic E-state index is 12.1. The van der Waals surface area contributed by atoms with Gasteiger partial charge in [0.25, 0.3) is 0 Å². The van der Waals surface area contributed by atoms with Gasteiger partial charge in [-0.05, 0) is 0 Å². The van der Waals surface area contributed by atoms with E-state index in [-0.39, 0.29) is 11.7 Å². The Morgan fingerprint density at radius 3 is 2.09 bits per heavy atom. The summed E-state index contributed by atoms with van der Waals surface area (Å²) in [5.41, 5.74) is 0. The van der Waals surface area contributed by atoms with Crippen LogP contribution < -0.4 is 5.32 Å². The summed E-state index contributed by atoms with van der Waals surface area (Å²) in [7, 11) is -1.55. The average molecular weight is 347 g/mol. The summed E-state index contributed by atoms with van der Waals surface area (Å²) in [6.07, 6.45) is 0. The molecular formula is C14H29N5O3S. The molecule has 8 nitrogen and oxygen atoms in total. The lowest BCUT2D eigenvalue weighted by Crippen LogP contribution is -2.54. The number of sulfonamides is 1. The summed E-state index contributed by atoms with van der Waals surface area (Å²) < 4.78 is 25.8. The summed E-state index contributed by atoms with van der Waals surface area (Å²) in [5.74, 6) is 0.807. The lowest BCUT2D eigenvalue weighted by Gasteiger charge is -2.36. The predicted molar refractivity (Wildman–Crippen MR) is 91.9 cm³/mol. The van der Waals surface area contributed by atoms with Crippen LogP contribution in [-0.2, 0) is 14.8 Å². The summed E-state index contributed by atoms with van der Waals surface area (Å²) in [6, 6.07) is 0. The zero-order valence-corrected chi connectivity index (χ0v) is 15.4. The first kappa shape index (κ1) is 19.7. The standard InChI is InChI=1S/C14H29N5O3S/c1-5-19(6-2)23(21,22)12-7-16-14(15-4)18-10-8-17(9-11-18)13(3)20/h5-12H2,1-4H3,(H,15,16). The van der Waals surface area contributed by atoms with Crippen LogP contribution in [-0.4, -0.2) is 93.0 Å². The van der Waals surface area contributed by atoms with Gasteiger partial charge in [0.1, 0.15) is 0 Å². The van der Waals surface area contributed by atoms with Crippen LogP contribution in [0.4, 0.5) is 0 Å². The third kappa shape index (κ3) is 5.65. The molecule has 1 aliphatic heterocycles. The fourth-order valence-electron chi connectivity index (χ4n) is 2.60. The third-order valence-corrected chi connectivity index (χ3v) is 6.00. The van der Waals surface area contributed by atoms with Gasteiger partial charge in [-0.25, -0.2) is 12.7 Å². The van der Waals surface area contributed by atoms with E-state index in [4.69, 9.17) is 0 Å². The number of nitrogens with zero attached hydrogens (tertiary/aromatic N) is 4. The zero-order chi connectivity index (χ0) is 17.5. The Labute approximate surface area is 139 Å². The molecule has 0 atom stereocenters. The van der Waals surface area contributed by atoms with Crippen LogP contribution >= 0.6 is 0 Å². The molecule has 0 saturated carbocycles. The van der Waals surface area contributed by atoms with E-state index in [0.29, 0.717) is 51.8 Å². The molecule has 0 aromatic rings. The molecule has 1 N–H and O–H groups in total. The second-order valence-corrected chi connectivity index (χ2v) is 7.46. The van der Waals surface area contributed by atoms with Crippen molar-refractivity contribution in [2.75, 3.05) is 58.6 Å². The number of guanidine groups is 1. The number of hydrogen-bond donors (Lipinski definition) is 1. The van der Waals surface area contributed by atoms with Gasteiger partial charge < -0.3 is 15.1 Å². The minimum atomic E-state index is -3.23. The monoisotopic (exact) mass is 347 g/mol. The molecule has 0 bridgehead atoms. The van der Waals surface area contributed by atoms with E-state index in [1.807, 2.05) is 18.7 Å². The topological polar surface area (TPSA) is 85.3 Å². The van der Waals surface area contributed by atoms with Crippen LogP contribution in [0.15, 0.2) is 4.99 Å². The minimum Gasteiger partial charge on any atom is -0.355 e. The van der Waals surface area contributed by atoms with Crippen molar-refractivity contribution in [3.05, 3.63) is 0 Å². The number of aliphatic imine (C=N–C) groups is 1. The lowest BCUT2D eigenvalue weighted by atomic mass is 10.3. The molecule has 0 aromatic carbocycles. The molecule has 0 unspecified atom stereocenters. The summed E-state index contributed by atoms with van der Waals surface area (Å²) in [6.45, 7) is 9.25. The molecule has 1 fully saturated rings. The van der Waals surface area contributed by atoms with Gasteiger partial charge in [-0.3, -0.25) is 9.79 Å². The normalized spacial score (nSPS) is 16.8.